The Bertz CT molecular complexity index is 560. The minimum absolute atomic E-state index is 0.428. The lowest BCUT2D eigenvalue weighted by Gasteiger charge is -2.12. The van der Waals surface area contributed by atoms with Gasteiger partial charge in [0.15, 0.2) is 11.6 Å². The van der Waals surface area contributed by atoms with E-state index in [2.05, 4.69) is 25.7 Å². The summed E-state index contributed by atoms with van der Waals surface area (Å²) in [6, 6.07) is 5.85. The number of hydrazine groups is 1. The molecule has 2 rings (SSSR count). The molecule has 0 aromatic carbocycles. The molecule has 0 aliphatic heterocycles. The number of hydrogen-bond donors (Lipinski definition) is 3. The van der Waals surface area contributed by atoms with Crippen molar-refractivity contribution >= 4 is 11.6 Å². The first-order valence-corrected chi connectivity index (χ1v) is 5.76. The highest BCUT2D eigenvalue weighted by Gasteiger charge is 2.10. The molecule has 0 atom stereocenters. The Morgan fingerprint density at radius 2 is 2.05 bits per heavy atom. The molecule has 0 unspecified atom stereocenters. The highest BCUT2D eigenvalue weighted by molar-refractivity contribution is 5.62. The van der Waals surface area contributed by atoms with Crippen LogP contribution in [0.15, 0.2) is 24.5 Å². The first-order chi connectivity index (χ1) is 9.24. The van der Waals surface area contributed by atoms with Crippen LogP contribution in [0.5, 0.6) is 5.75 Å². The molecule has 0 aliphatic carbocycles. The van der Waals surface area contributed by atoms with E-state index in [-0.39, 0.29) is 0 Å². The molecule has 0 fully saturated rings. The minimum atomic E-state index is 0.428. The van der Waals surface area contributed by atoms with Crippen molar-refractivity contribution in [2.75, 3.05) is 17.9 Å². The molecule has 2 aromatic rings. The van der Waals surface area contributed by atoms with Gasteiger partial charge in [0.2, 0.25) is 5.75 Å². The number of hydrogen-bond acceptors (Lipinski definition) is 7. The molecule has 0 saturated carbocycles. The molecular formula is C12H16N6O. The van der Waals surface area contributed by atoms with Crippen LogP contribution in [-0.2, 0) is 6.54 Å². The first kappa shape index (κ1) is 13.0. The van der Waals surface area contributed by atoms with Crippen LogP contribution in [0.2, 0.25) is 0 Å². The summed E-state index contributed by atoms with van der Waals surface area (Å²) in [5.41, 5.74) is 4.35. The van der Waals surface area contributed by atoms with Gasteiger partial charge in [-0.1, -0.05) is 6.07 Å². The Morgan fingerprint density at radius 1 is 1.26 bits per heavy atom. The maximum atomic E-state index is 5.36. The molecule has 7 nitrogen and oxygen atoms in total. The number of nitrogen functional groups attached to an aromatic ring is 1. The van der Waals surface area contributed by atoms with Crippen molar-refractivity contribution in [2.45, 2.75) is 13.5 Å². The van der Waals surface area contributed by atoms with Crippen molar-refractivity contribution in [3.63, 3.8) is 0 Å². The van der Waals surface area contributed by atoms with Gasteiger partial charge in [-0.25, -0.2) is 15.8 Å². The van der Waals surface area contributed by atoms with Gasteiger partial charge in [0, 0.05) is 5.69 Å². The van der Waals surface area contributed by atoms with Gasteiger partial charge in [0.25, 0.3) is 0 Å². The van der Waals surface area contributed by atoms with Crippen LogP contribution < -0.4 is 21.3 Å². The van der Waals surface area contributed by atoms with Gasteiger partial charge in [-0.15, -0.1) is 0 Å². The number of nitrogens with zero attached hydrogens (tertiary/aromatic N) is 3. The number of rotatable bonds is 5. The summed E-state index contributed by atoms with van der Waals surface area (Å²) in [5.74, 6) is 6.82. The first-order valence-electron chi connectivity index (χ1n) is 5.76. The summed E-state index contributed by atoms with van der Waals surface area (Å²) in [6.45, 7) is 2.49. The second kappa shape index (κ2) is 5.96. The molecule has 0 amide bonds. The summed E-state index contributed by atoms with van der Waals surface area (Å²) < 4.78 is 5.23. The third kappa shape index (κ3) is 3.08. The molecule has 0 aliphatic rings. The average Bonchev–Trinajstić information content (AvgIpc) is 2.44. The quantitative estimate of drug-likeness (QED) is 0.546. The molecule has 7 heteroatoms. The van der Waals surface area contributed by atoms with Crippen molar-refractivity contribution in [1.29, 1.82) is 0 Å². The normalized spacial score (nSPS) is 10.1. The van der Waals surface area contributed by atoms with Crippen LogP contribution in [0.3, 0.4) is 0 Å². The van der Waals surface area contributed by atoms with E-state index in [0.29, 0.717) is 23.9 Å². The van der Waals surface area contributed by atoms with Crippen LogP contribution in [0.25, 0.3) is 0 Å². The molecular weight excluding hydrogens is 244 g/mol. The molecule has 0 spiro atoms. The second-order valence-corrected chi connectivity index (χ2v) is 3.87. The van der Waals surface area contributed by atoms with Gasteiger partial charge in [-0.05, 0) is 19.1 Å². The molecule has 0 saturated heterocycles. The van der Waals surface area contributed by atoms with Crippen molar-refractivity contribution in [3.05, 3.63) is 35.9 Å². The number of anilines is 2. The Morgan fingerprint density at radius 3 is 2.74 bits per heavy atom. The van der Waals surface area contributed by atoms with Gasteiger partial charge in [0.1, 0.15) is 6.33 Å². The largest absolute Gasteiger partial charge is 0.490 e. The standard InChI is InChI=1S/C12H16N6O/c1-8-4-3-5-9(17-8)6-14-11-10(19-2)12(18-13)16-7-15-11/h3-5,7H,6,13H2,1-2H3,(H2,14,15,16,18). The number of aryl methyl sites for hydroxylation is 1. The van der Waals surface area contributed by atoms with E-state index < -0.39 is 0 Å². The van der Waals surface area contributed by atoms with E-state index in [0.717, 1.165) is 11.4 Å². The third-order valence-corrected chi connectivity index (χ3v) is 2.53. The molecule has 19 heavy (non-hydrogen) atoms. The summed E-state index contributed by atoms with van der Waals surface area (Å²) in [4.78, 5) is 12.5. The average molecular weight is 260 g/mol. The monoisotopic (exact) mass is 260 g/mol. The highest BCUT2D eigenvalue weighted by atomic mass is 16.5. The predicted molar refractivity (Wildman–Crippen MR) is 72.7 cm³/mol. The third-order valence-electron chi connectivity index (χ3n) is 2.53. The van der Waals surface area contributed by atoms with E-state index in [1.54, 1.807) is 0 Å². The SMILES string of the molecule is COc1c(NN)ncnc1NCc1cccc(C)n1. The van der Waals surface area contributed by atoms with Crippen LogP contribution >= 0.6 is 0 Å². The summed E-state index contributed by atoms with van der Waals surface area (Å²) in [5, 5.41) is 3.15. The fourth-order valence-corrected chi connectivity index (χ4v) is 1.67. The van der Waals surface area contributed by atoms with Gasteiger partial charge >= 0.3 is 0 Å². The fourth-order valence-electron chi connectivity index (χ4n) is 1.67. The van der Waals surface area contributed by atoms with E-state index in [9.17, 15) is 0 Å². The van der Waals surface area contributed by atoms with E-state index in [1.165, 1.54) is 13.4 Å². The predicted octanol–water partition coefficient (Wildman–Crippen LogP) is 1.09. The molecule has 2 heterocycles. The smallest absolute Gasteiger partial charge is 0.205 e. The highest BCUT2D eigenvalue weighted by Crippen LogP contribution is 2.28. The van der Waals surface area contributed by atoms with Gasteiger partial charge in [-0.2, -0.15) is 0 Å². The van der Waals surface area contributed by atoms with Crippen LogP contribution in [0, 0.1) is 6.92 Å². The molecule has 0 radical (unpaired) electrons. The summed E-state index contributed by atoms with van der Waals surface area (Å²) in [7, 11) is 1.54. The lowest BCUT2D eigenvalue weighted by Crippen LogP contribution is -2.12. The Kier molecular flexibility index (Phi) is 4.09. The zero-order chi connectivity index (χ0) is 13.7. The summed E-state index contributed by atoms with van der Waals surface area (Å²) in [6.07, 6.45) is 1.41. The van der Waals surface area contributed by atoms with Crippen molar-refractivity contribution in [1.82, 2.24) is 15.0 Å². The minimum Gasteiger partial charge on any atom is -0.490 e. The van der Waals surface area contributed by atoms with Crippen LogP contribution in [0.4, 0.5) is 11.6 Å². The molecule has 100 valence electrons. The topological polar surface area (TPSA) is 98.0 Å². The van der Waals surface area contributed by atoms with E-state index >= 15 is 0 Å². The van der Waals surface area contributed by atoms with E-state index in [4.69, 9.17) is 10.6 Å². The lowest BCUT2D eigenvalue weighted by molar-refractivity contribution is 0.414. The van der Waals surface area contributed by atoms with Gasteiger partial charge in [0.05, 0.1) is 19.3 Å². The number of nitrogens with one attached hydrogen (secondary N) is 2. The maximum absolute atomic E-state index is 5.36. The van der Waals surface area contributed by atoms with Crippen molar-refractivity contribution in [2.24, 2.45) is 5.84 Å². The Hall–Kier alpha value is -2.41. The van der Waals surface area contributed by atoms with Crippen molar-refractivity contribution in [3.8, 4) is 5.75 Å². The zero-order valence-electron chi connectivity index (χ0n) is 10.8. The molecule has 4 N–H and O–H groups in total. The fraction of sp³-hybridized carbons (Fsp3) is 0.250. The van der Waals surface area contributed by atoms with Gasteiger partial charge in [-0.3, -0.25) is 4.98 Å². The van der Waals surface area contributed by atoms with Crippen molar-refractivity contribution < 1.29 is 4.74 Å². The number of ether oxygens (including phenoxy) is 1. The van der Waals surface area contributed by atoms with Crippen LogP contribution in [0.1, 0.15) is 11.4 Å². The number of aromatic nitrogens is 3. The lowest BCUT2D eigenvalue weighted by atomic mass is 10.3. The number of pyridine rings is 1. The second-order valence-electron chi connectivity index (χ2n) is 3.87. The zero-order valence-corrected chi connectivity index (χ0v) is 10.8. The maximum Gasteiger partial charge on any atom is 0.205 e. The van der Waals surface area contributed by atoms with E-state index in [1.807, 2.05) is 25.1 Å². The Labute approximate surface area is 111 Å². The number of nitrogens with two attached hydrogens (primary N) is 1. The van der Waals surface area contributed by atoms with Gasteiger partial charge < -0.3 is 15.5 Å². The summed E-state index contributed by atoms with van der Waals surface area (Å²) >= 11 is 0. The molecule has 0 bridgehead atoms. The molecule has 2 aromatic heterocycles. The number of methoxy groups -OCH3 is 1. The van der Waals surface area contributed by atoms with Crippen LogP contribution in [-0.4, -0.2) is 22.1 Å². The Balaban J connectivity index is 2.15.